The number of hydrogen-bond acceptors (Lipinski definition) is 3. The van der Waals surface area contributed by atoms with Crippen LogP contribution in [0.4, 0.5) is 4.39 Å². The van der Waals surface area contributed by atoms with Crippen LogP contribution in [0.2, 0.25) is 0 Å². The molecule has 1 unspecified atom stereocenters. The maximum absolute atomic E-state index is 13.1. The number of benzene rings is 2. The topological polar surface area (TPSA) is 68.9 Å². The van der Waals surface area contributed by atoms with Crippen molar-refractivity contribution in [1.82, 2.24) is 19.7 Å². The highest BCUT2D eigenvalue weighted by Crippen LogP contribution is 2.15. The van der Waals surface area contributed by atoms with Gasteiger partial charge in [0.25, 0.3) is 5.91 Å². The highest BCUT2D eigenvalue weighted by molar-refractivity contribution is 5.94. The molecule has 7 heteroatoms. The van der Waals surface area contributed by atoms with Crippen LogP contribution in [0.5, 0.6) is 0 Å². The summed E-state index contributed by atoms with van der Waals surface area (Å²) in [6, 6.07) is 13.9. The summed E-state index contributed by atoms with van der Waals surface area (Å²) in [7, 11) is 0. The summed E-state index contributed by atoms with van der Waals surface area (Å²) < 4.78 is 16.2. The first-order valence-electron chi connectivity index (χ1n) is 11.2. The number of halogens is 1. The van der Waals surface area contributed by atoms with Gasteiger partial charge in [0, 0.05) is 24.6 Å². The SMILES string of the molecule is CC(C)Cc1ccc(C(=O)NC2CCc3nn(Cc4ccc(F)cc4)c(=O)n3CC2)cc1. The molecule has 0 saturated heterocycles. The first kappa shape index (κ1) is 22.0. The number of aromatic nitrogens is 3. The summed E-state index contributed by atoms with van der Waals surface area (Å²) in [4.78, 5) is 25.5. The molecular weight excluding hydrogens is 407 g/mol. The molecule has 1 amide bonds. The molecule has 4 rings (SSSR count). The van der Waals surface area contributed by atoms with Crippen LogP contribution in [0.3, 0.4) is 0 Å². The van der Waals surface area contributed by atoms with Gasteiger partial charge in [0.05, 0.1) is 6.54 Å². The van der Waals surface area contributed by atoms with Crippen LogP contribution in [0, 0.1) is 11.7 Å². The highest BCUT2D eigenvalue weighted by Gasteiger charge is 2.22. The second kappa shape index (κ2) is 9.51. The van der Waals surface area contributed by atoms with Crippen molar-refractivity contribution in [1.29, 1.82) is 0 Å². The predicted molar refractivity (Wildman–Crippen MR) is 121 cm³/mol. The lowest BCUT2D eigenvalue weighted by Crippen LogP contribution is -2.35. The van der Waals surface area contributed by atoms with Crippen molar-refractivity contribution in [3.8, 4) is 0 Å². The van der Waals surface area contributed by atoms with Gasteiger partial charge in [-0.25, -0.2) is 13.9 Å². The van der Waals surface area contributed by atoms with E-state index in [0.717, 1.165) is 24.2 Å². The first-order chi connectivity index (χ1) is 15.4. The van der Waals surface area contributed by atoms with Gasteiger partial charge in [-0.3, -0.25) is 9.36 Å². The van der Waals surface area contributed by atoms with Crippen LogP contribution in [0.15, 0.2) is 53.3 Å². The minimum atomic E-state index is -0.304. The molecule has 0 saturated carbocycles. The third-order valence-electron chi connectivity index (χ3n) is 5.86. The van der Waals surface area contributed by atoms with Gasteiger partial charge in [-0.15, -0.1) is 0 Å². The van der Waals surface area contributed by atoms with E-state index in [1.165, 1.54) is 22.4 Å². The van der Waals surface area contributed by atoms with Gasteiger partial charge in [-0.05, 0) is 60.6 Å². The molecule has 32 heavy (non-hydrogen) atoms. The third-order valence-corrected chi connectivity index (χ3v) is 5.86. The van der Waals surface area contributed by atoms with Gasteiger partial charge in [0.2, 0.25) is 0 Å². The molecule has 0 fully saturated rings. The molecule has 168 valence electrons. The van der Waals surface area contributed by atoms with Gasteiger partial charge < -0.3 is 5.32 Å². The molecule has 0 aliphatic carbocycles. The number of fused-ring (bicyclic) bond motifs is 1. The third kappa shape index (κ3) is 5.15. The summed E-state index contributed by atoms with van der Waals surface area (Å²) in [5, 5.41) is 7.61. The van der Waals surface area contributed by atoms with Gasteiger partial charge in [0.15, 0.2) is 0 Å². The fourth-order valence-corrected chi connectivity index (χ4v) is 4.17. The zero-order chi connectivity index (χ0) is 22.7. The Labute approximate surface area is 187 Å². The quantitative estimate of drug-likeness (QED) is 0.642. The lowest BCUT2D eigenvalue weighted by molar-refractivity contribution is 0.0933. The summed E-state index contributed by atoms with van der Waals surface area (Å²) >= 11 is 0. The van der Waals surface area contributed by atoms with E-state index >= 15 is 0 Å². The van der Waals surface area contributed by atoms with Crippen molar-refractivity contribution in [3.05, 3.63) is 87.3 Å². The van der Waals surface area contributed by atoms with Crippen molar-refractivity contribution in [2.24, 2.45) is 5.92 Å². The van der Waals surface area contributed by atoms with Crippen LogP contribution in [0.1, 0.15) is 54.0 Å². The number of nitrogens with zero attached hydrogens (tertiary/aromatic N) is 3. The number of carbonyl (C=O) groups excluding carboxylic acids is 1. The van der Waals surface area contributed by atoms with E-state index in [9.17, 15) is 14.0 Å². The van der Waals surface area contributed by atoms with Crippen LogP contribution >= 0.6 is 0 Å². The summed E-state index contributed by atoms with van der Waals surface area (Å²) in [6.45, 7) is 5.17. The van der Waals surface area contributed by atoms with Crippen LogP contribution in [0.25, 0.3) is 0 Å². The van der Waals surface area contributed by atoms with E-state index in [4.69, 9.17) is 0 Å². The van der Waals surface area contributed by atoms with Crippen LogP contribution in [-0.2, 0) is 25.9 Å². The molecule has 1 atom stereocenters. The van der Waals surface area contributed by atoms with E-state index < -0.39 is 0 Å². The van der Waals surface area contributed by atoms with E-state index in [1.54, 1.807) is 16.7 Å². The fraction of sp³-hybridized carbons (Fsp3) is 0.400. The fourth-order valence-electron chi connectivity index (χ4n) is 4.17. The van der Waals surface area contributed by atoms with Crippen molar-refractivity contribution in [2.75, 3.05) is 0 Å². The molecule has 0 spiro atoms. The minimum Gasteiger partial charge on any atom is -0.349 e. The van der Waals surface area contributed by atoms with Crippen molar-refractivity contribution in [2.45, 2.75) is 58.7 Å². The van der Waals surface area contributed by atoms with E-state index in [0.29, 0.717) is 37.4 Å². The standard InChI is InChI=1S/C25H29FN4O2/c1-17(2)15-18-3-7-20(8-4-18)24(31)27-22-11-12-23-28-30(25(32)29(23)14-13-22)16-19-5-9-21(26)10-6-19/h3-10,17,22H,11-16H2,1-2H3,(H,27,31). The molecule has 1 aromatic heterocycles. The Morgan fingerprint density at radius 2 is 1.78 bits per heavy atom. The Bertz CT molecular complexity index is 1130. The summed E-state index contributed by atoms with van der Waals surface area (Å²) in [5.74, 6) is 0.917. The van der Waals surface area contributed by atoms with Crippen molar-refractivity contribution >= 4 is 5.91 Å². The molecule has 2 heterocycles. The van der Waals surface area contributed by atoms with Crippen LogP contribution in [-0.4, -0.2) is 26.3 Å². The second-order valence-corrected chi connectivity index (χ2v) is 8.93. The largest absolute Gasteiger partial charge is 0.349 e. The van der Waals surface area contributed by atoms with E-state index in [2.05, 4.69) is 24.3 Å². The Morgan fingerprint density at radius 1 is 1.09 bits per heavy atom. The molecule has 0 bridgehead atoms. The maximum atomic E-state index is 13.1. The van der Waals surface area contributed by atoms with Gasteiger partial charge in [-0.1, -0.05) is 38.1 Å². The Balaban J connectivity index is 1.37. The minimum absolute atomic E-state index is 0.00973. The van der Waals surface area contributed by atoms with Gasteiger partial charge in [0.1, 0.15) is 11.6 Å². The normalized spacial score (nSPS) is 15.9. The number of rotatable bonds is 6. The predicted octanol–water partition coefficient (Wildman–Crippen LogP) is 3.57. The Kier molecular flexibility index (Phi) is 6.53. The molecule has 0 radical (unpaired) electrons. The summed E-state index contributed by atoms with van der Waals surface area (Å²) in [5.41, 5.74) is 2.54. The van der Waals surface area contributed by atoms with E-state index in [-0.39, 0.29) is 23.5 Å². The lowest BCUT2D eigenvalue weighted by Gasteiger charge is -2.16. The zero-order valence-electron chi connectivity index (χ0n) is 18.6. The number of nitrogens with one attached hydrogen (secondary N) is 1. The maximum Gasteiger partial charge on any atom is 0.346 e. The molecule has 6 nitrogen and oxygen atoms in total. The van der Waals surface area contributed by atoms with Crippen LogP contribution < -0.4 is 11.0 Å². The number of aryl methyl sites for hydroxylation is 1. The monoisotopic (exact) mass is 436 g/mol. The smallest absolute Gasteiger partial charge is 0.346 e. The number of hydrogen-bond donors (Lipinski definition) is 1. The van der Waals surface area contributed by atoms with Gasteiger partial charge >= 0.3 is 5.69 Å². The number of carbonyl (C=O) groups is 1. The average Bonchev–Trinajstić information content (AvgIpc) is 2.92. The van der Waals surface area contributed by atoms with Gasteiger partial charge in [-0.2, -0.15) is 5.10 Å². The average molecular weight is 437 g/mol. The number of amides is 1. The highest BCUT2D eigenvalue weighted by atomic mass is 19.1. The Hall–Kier alpha value is -3.22. The van der Waals surface area contributed by atoms with Crippen molar-refractivity contribution in [3.63, 3.8) is 0 Å². The molecule has 2 aromatic carbocycles. The van der Waals surface area contributed by atoms with Crippen molar-refractivity contribution < 1.29 is 9.18 Å². The van der Waals surface area contributed by atoms with E-state index in [1.807, 2.05) is 24.3 Å². The zero-order valence-corrected chi connectivity index (χ0v) is 18.6. The molecule has 1 aliphatic heterocycles. The lowest BCUT2D eigenvalue weighted by atomic mass is 10.0. The first-order valence-corrected chi connectivity index (χ1v) is 11.2. The molecule has 3 aromatic rings. The Morgan fingerprint density at radius 3 is 2.47 bits per heavy atom. The molecule has 1 N–H and O–H groups in total. The molecule has 1 aliphatic rings. The second-order valence-electron chi connectivity index (χ2n) is 8.93. The summed E-state index contributed by atoms with van der Waals surface area (Å²) in [6.07, 6.45) is 3.01. The molecular formula is C25H29FN4O2.